The van der Waals surface area contributed by atoms with Gasteiger partial charge in [0.25, 0.3) is 0 Å². The lowest BCUT2D eigenvalue weighted by Crippen LogP contribution is -2.40. The topological polar surface area (TPSA) is 90.7 Å². The molecule has 2 aliphatic rings. The molecule has 1 aliphatic heterocycles. The minimum atomic E-state index is -1.89. The van der Waals surface area contributed by atoms with Crippen molar-refractivity contribution >= 4 is 44.4 Å². The second-order valence-corrected chi connectivity index (χ2v) is 9.94. The van der Waals surface area contributed by atoms with Crippen LogP contribution in [0.3, 0.4) is 0 Å². The number of esters is 1. The van der Waals surface area contributed by atoms with Crippen LogP contribution in [-0.2, 0) is 4.79 Å². The summed E-state index contributed by atoms with van der Waals surface area (Å²) >= 11 is 3.36. The van der Waals surface area contributed by atoms with Crippen LogP contribution >= 0.6 is 15.9 Å². The molecule has 4 aromatic rings. The fourth-order valence-electron chi connectivity index (χ4n) is 5.59. The zero-order valence-electron chi connectivity index (χ0n) is 18.4. The molecule has 0 N–H and O–H groups in total. The summed E-state index contributed by atoms with van der Waals surface area (Å²) in [5.74, 6) is -2.46. The van der Waals surface area contributed by atoms with Gasteiger partial charge in [0.2, 0.25) is 0 Å². The number of hydrogen-bond acceptors (Lipinski definition) is 6. The zero-order chi connectivity index (χ0) is 24.5. The van der Waals surface area contributed by atoms with Crippen LogP contribution in [0.1, 0.15) is 39.1 Å². The molecular weight excluding hydrogens is 512 g/mol. The van der Waals surface area contributed by atoms with Crippen molar-refractivity contribution in [1.82, 2.24) is 0 Å². The molecule has 0 amide bonds. The summed E-state index contributed by atoms with van der Waals surface area (Å²) in [5.41, 5.74) is -3.23. The third-order valence-corrected chi connectivity index (χ3v) is 7.85. The highest BCUT2D eigenvalue weighted by molar-refractivity contribution is 9.10. The van der Waals surface area contributed by atoms with Crippen LogP contribution in [0.25, 0.3) is 11.0 Å². The van der Waals surface area contributed by atoms with Crippen molar-refractivity contribution in [2.75, 3.05) is 0 Å². The van der Waals surface area contributed by atoms with Gasteiger partial charge in [-0.15, -0.1) is 0 Å². The third kappa shape index (κ3) is 2.76. The molecule has 6 rings (SSSR count). The van der Waals surface area contributed by atoms with Gasteiger partial charge in [-0.1, -0.05) is 71.4 Å². The van der Waals surface area contributed by atoms with E-state index in [2.05, 4.69) is 15.9 Å². The monoisotopic (exact) mass is 528 g/mol. The Balaban J connectivity index is 1.58. The van der Waals surface area contributed by atoms with Crippen molar-refractivity contribution in [3.63, 3.8) is 0 Å². The summed E-state index contributed by atoms with van der Waals surface area (Å²) in [5, 5.41) is 0.537. The van der Waals surface area contributed by atoms with E-state index >= 15 is 0 Å². The van der Waals surface area contributed by atoms with E-state index in [0.717, 1.165) is 4.47 Å². The lowest BCUT2D eigenvalue weighted by molar-refractivity contribution is -0.140. The number of hydrogen-bond donors (Lipinski definition) is 0. The zero-order valence-corrected chi connectivity index (χ0v) is 20.0. The number of Topliss-reactive ketones (excluding diaryl/α,β-unsaturated/α-hetero) is 2. The Labute approximate surface area is 207 Å². The number of carbonyl (C=O) groups is 3. The van der Waals surface area contributed by atoms with Crippen molar-refractivity contribution in [2.45, 2.75) is 12.8 Å². The summed E-state index contributed by atoms with van der Waals surface area (Å²) in [7, 11) is 0. The molecule has 1 saturated carbocycles. The van der Waals surface area contributed by atoms with E-state index in [1.54, 1.807) is 79.7 Å². The van der Waals surface area contributed by atoms with Gasteiger partial charge in [-0.3, -0.25) is 14.4 Å². The first-order valence-electron chi connectivity index (χ1n) is 11.0. The molecule has 0 radical (unpaired) electrons. The standard InChI is InChI=1S/C28H17BrO6/c1-27(23(30)15-10-12-17(29)13-11-15)22-18-7-3-5-9-21(18)35-26(33)28(22,27)24(31)19-14-16-6-2-4-8-20(16)34-25(19)32/h2-14,22H,1H3/t22-,27-,28+/m1/s1. The van der Waals surface area contributed by atoms with Gasteiger partial charge in [-0.05, 0) is 30.3 Å². The van der Waals surface area contributed by atoms with E-state index in [1.807, 2.05) is 0 Å². The molecule has 2 heterocycles. The summed E-state index contributed by atoms with van der Waals surface area (Å²) in [6.07, 6.45) is 0. The molecule has 3 atom stereocenters. The number of rotatable bonds is 4. The van der Waals surface area contributed by atoms with Gasteiger partial charge in [-0.25, -0.2) is 4.79 Å². The van der Waals surface area contributed by atoms with E-state index in [1.165, 1.54) is 6.07 Å². The molecule has 172 valence electrons. The largest absolute Gasteiger partial charge is 0.425 e. The highest BCUT2D eigenvalue weighted by atomic mass is 79.9. The van der Waals surface area contributed by atoms with E-state index in [4.69, 9.17) is 9.15 Å². The molecule has 0 saturated heterocycles. The first-order chi connectivity index (χ1) is 16.8. The summed E-state index contributed by atoms with van der Waals surface area (Å²) in [6, 6.07) is 21.8. The van der Waals surface area contributed by atoms with Gasteiger partial charge >= 0.3 is 11.6 Å². The average Bonchev–Trinajstić information content (AvgIpc) is 3.46. The lowest BCUT2D eigenvalue weighted by Gasteiger charge is -2.22. The van der Waals surface area contributed by atoms with E-state index < -0.39 is 34.1 Å². The minimum Gasteiger partial charge on any atom is -0.425 e. The maximum Gasteiger partial charge on any atom is 0.347 e. The van der Waals surface area contributed by atoms with Gasteiger partial charge < -0.3 is 9.15 Å². The van der Waals surface area contributed by atoms with Crippen LogP contribution < -0.4 is 10.4 Å². The van der Waals surface area contributed by atoms with Crippen LogP contribution in [0.4, 0.5) is 0 Å². The van der Waals surface area contributed by atoms with Gasteiger partial charge in [-0.2, -0.15) is 0 Å². The molecule has 6 nitrogen and oxygen atoms in total. The molecule has 7 heteroatoms. The number of ketones is 2. The number of fused-ring (bicyclic) bond motifs is 4. The Bertz CT molecular complexity index is 1640. The van der Waals surface area contributed by atoms with Crippen LogP contribution in [0.15, 0.2) is 92.5 Å². The summed E-state index contributed by atoms with van der Waals surface area (Å²) < 4.78 is 11.8. The van der Waals surface area contributed by atoms with Crippen LogP contribution in [0.5, 0.6) is 5.75 Å². The summed E-state index contributed by atoms with van der Waals surface area (Å²) in [4.78, 5) is 54.5. The first kappa shape index (κ1) is 21.7. The van der Waals surface area contributed by atoms with E-state index in [9.17, 15) is 19.2 Å². The Morgan fingerprint density at radius 2 is 1.57 bits per heavy atom. The quantitative estimate of drug-likeness (QED) is 0.117. The molecule has 1 fully saturated rings. The van der Waals surface area contributed by atoms with Crippen molar-refractivity contribution in [2.24, 2.45) is 10.8 Å². The highest BCUT2D eigenvalue weighted by Gasteiger charge is 2.87. The minimum absolute atomic E-state index is 0.280. The summed E-state index contributed by atoms with van der Waals surface area (Å²) in [6.45, 7) is 1.60. The molecule has 0 unspecified atom stereocenters. The molecular formula is C28H17BrO6. The second kappa shape index (κ2) is 7.33. The van der Waals surface area contributed by atoms with Crippen LogP contribution in [0.2, 0.25) is 0 Å². The van der Waals surface area contributed by atoms with Crippen molar-refractivity contribution in [3.05, 3.63) is 110 Å². The molecule has 35 heavy (non-hydrogen) atoms. The van der Waals surface area contributed by atoms with Crippen molar-refractivity contribution in [3.8, 4) is 5.75 Å². The van der Waals surface area contributed by atoms with E-state index in [0.29, 0.717) is 27.8 Å². The smallest absolute Gasteiger partial charge is 0.347 e. The van der Waals surface area contributed by atoms with Gasteiger partial charge in [0.1, 0.15) is 16.9 Å². The Morgan fingerprint density at radius 1 is 0.886 bits per heavy atom. The molecule has 3 aromatic carbocycles. The fourth-order valence-corrected chi connectivity index (χ4v) is 5.85. The number of ether oxygens (including phenoxy) is 1. The predicted molar refractivity (Wildman–Crippen MR) is 131 cm³/mol. The molecule has 0 spiro atoms. The van der Waals surface area contributed by atoms with Crippen LogP contribution in [0, 0.1) is 10.8 Å². The molecule has 0 bridgehead atoms. The number of carbonyl (C=O) groups excluding carboxylic acids is 3. The van der Waals surface area contributed by atoms with Gasteiger partial charge in [0.15, 0.2) is 17.0 Å². The fraction of sp³-hybridized carbons (Fsp3) is 0.143. The third-order valence-electron chi connectivity index (χ3n) is 7.32. The normalized spacial score (nSPS) is 24.3. The molecule has 1 aliphatic carbocycles. The first-order valence-corrected chi connectivity index (χ1v) is 11.8. The lowest BCUT2D eigenvalue weighted by atomic mass is 9.82. The Morgan fingerprint density at radius 3 is 2.34 bits per heavy atom. The number of halogens is 1. The predicted octanol–water partition coefficient (Wildman–Crippen LogP) is 5.33. The van der Waals surface area contributed by atoms with Crippen LogP contribution in [-0.4, -0.2) is 17.5 Å². The highest BCUT2D eigenvalue weighted by Crippen LogP contribution is 2.79. The number of para-hydroxylation sites is 2. The second-order valence-electron chi connectivity index (χ2n) is 9.02. The maximum atomic E-state index is 14.1. The van der Waals surface area contributed by atoms with Crippen molar-refractivity contribution < 1.29 is 23.5 Å². The van der Waals surface area contributed by atoms with Gasteiger partial charge in [0.05, 0.1) is 5.41 Å². The van der Waals surface area contributed by atoms with Gasteiger partial charge in [0, 0.05) is 26.9 Å². The average molecular weight is 529 g/mol. The Kier molecular flexibility index (Phi) is 4.54. The van der Waals surface area contributed by atoms with Crippen molar-refractivity contribution in [1.29, 1.82) is 0 Å². The SMILES string of the molecule is C[C@]1(C(=O)c2ccc(Br)cc2)[C@H]2c3ccccc3OC(=O)[C@@]21C(=O)c1cc2ccccc2oc1=O. The Hall–Kier alpha value is -3.84. The maximum absolute atomic E-state index is 14.1. The van der Waals surface area contributed by atoms with E-state index in [-0.39, 0.29) is 11.3 Å². The number of benzene rings is 3. The molecule has 1 aromatic heterocycles.